The zero-order chi connectivity index (χ0) is 11.6. The molecule has 1 saturated heterocycles. The molecule has 0 aromatic rings. The summed E-state index contributed by atoms with van der Waals surface area (Å²) in [5.41, 5.74) is 0. The van der Waals surface area contributed by atoms with Crippen molar-refractivity contribution in [3.05, 3.63) is 0 Å². The van der Waals surface area contributed by atoms with E-state index in [1.54, 1.807) is 0 Å². The van der Waals surface area contributed by atoms with Crippen LogP contribution in [0.3, 0.4) is 0 Å². The second kappa shape index (κ2) is 4.86. The predicted molar refractivity (Wildman–Crippen MR) is 47.6 cm³/mol. The lowest BCUT2D eigenvalue weighted by molar-refractivity contribution is -0.253. The van der Waals surface area contributed by atoms with Gasteiger partial charge in [-0.05, 0) is 0 Å². The summed E-state index contributed by atoms with van der Waals surface area (Å²) in [6.45, 7) is 0.687. The SMILES string of the molecule is CC(=O)NC1[C@@H](O)[C@H](O)[C@@H](CO)O[C@@H]1O. The molecule has 1 heterocycles. The van der Waals surface area contributed by atoms with Crippen LogP contribution < -0.4 is 5.32 Å². The Labute approximate surface area is 86.3 Å². The van der Waals surface area contributed by atoms with E-state index < -0.39 is 43.2 Å². The molecule has 7 nitrogen and oxygen atoms in total. The van der Waals surface area contributed by atoms with E-state index in [4.69, 9.17) is 9.84 Å². The van der Waals surface area contributed by atoms with Crippen LogP contribution in [0.15, 0.2) is 0 Å². The molecule has 1 aliphatic heterocycles. The number of rotatable bonds is 2. The second-order valence-corrected chi connectivity index (χ2v) is 3.46. The number of amides is 1. The first kappa shape index (κ1) is 12.3. The highest BCUT2D eigenvalue weighted by atomic mass is 16.6. The lowest BCUT2D eigenvalue weighted by atomic mass is 9.97. The zero-order valence-corrected chi connectivity index (χ0v) is 8.20. The van der Waals surface area contributed by atoms with E-state index in [-0.39, 0.29) is 0 Å². The van der Waals surface area contributed by atoms with Crippen LogP contribution in [-0.2, 0) is 9.53 Å². The molecule has 1 aliphatic rings. The van der Waals surface area contributed by atoms with Gasteiger partial charge in [-0.1, -0.05) is 0 Å². The Morgan fingerprint density at radius 2 is 1.93 bits per heavy atom. The van der Waals surface area contributed by atoms with E-state index in [0.29, 0.717) is 0 Å². The fourth-order valence-corrected chi connectivity index (χ4v) is 1.49. The van der Waals surface area contributed by atoms with Gasteiger partial charge in [0.05, 0.1) is 6.61 Å². The molecule has 5 atom stereocenters. The van der Waals surface area contributed by atoms with Gasteiger partial charge in [-0.25, -0.2) is 0 Å². The minimum Gasteiger partial charge on any atom is -0.394 e. The van der Waals surface area contributed by atoms with E-state index in [9.17, 15) is 20.1 Å². The summed E-state index contributed by atoms with van der Waals surface area (Å²) in [6, 6.07) is -1.10. The van der Waals surface area contributed by atoms with Crippen molar-refractivity contribution in [3.63, 3.8) is 0 Å². The van der Waals surface area contributed by atoms with Gasteiger partial charge in [-0.3, -0.25) is 4.79 Å². The van der Waals surface area contributed by atoms with Crippen molar-refractivity contribution in [1.82, 2.24) is 5.32 Å². The number of nitrogens with one attached hydrogen (secondary N) is 1. The highest BCUT2D eigenvalue weighted by molar-refractivity contribution is 5.73. The molecule has 0 radical (unpaired) electrons. The Morgan fingerprint density at radius 1 is 1.33 bits per heavy atom. The number of ether oxygens (including phenoxy) is 1. The number of aliphatic hydroxyl groups is 4. The third-order valence-corrected chi connectivity index (χ3v) is 2.27. The maximum Gasteiger partial charge on any atom is 0.217 e. The van der Waals surface area contributed by atoms with Crippen molar-refractivity contribution in [2.24, 2.45) is 0 Å². The van der Waals surface area contributed by atoms with Crippen LogP contribution in [0, 0.1) is 0 Å². The summed E-state index contributed by atoms with van der Waals surface area (Å²) in [7, 11) is 0. The number of aliphatic hydroxyl groups excluding tert-OH is 4. The first-order valence-corrected chi connectivity index (χ1v) is 4.55. The lowest BCUT2D eigenvalue weighted by Gasteiger charge is -2.40. The van der Waals surface area contributed by atoms with Crippen LogP contribution in [0.4, 0.5) is 0 Å². The lowest BCUT2D eigenvalue weighted by Crippen LogP contribution is -2.63. The quantitative estimate of drug-likeness (QED) is 0.337. The van der Waals surface area contributed by atoms with E-state index in [0.717, 1.165) is 0 Å². The molecule has 1 amide bonds. The first-order valence-electron chi connectivity index (χ1n) is 4.55. The largest absolute Gasteiger partial charge is 0.394 e. The Balaban J connectivity index is 2.70. The maximum absolute atomic E-state index is 10.7. The van der Waals surface area contributed by atoms with Crippen LogP contribution in [0.2, 0.25) is 0 Å². The molecular weight excluding hydrogens is 206 g/mol. The number of carbonyl (C=O) groups excluding carboxylic acids is 1. The van der Waals surface area contributed by atoms with Crippen molar-refractivity contribution < 1.29 is 30.0 Å². The van der Waals surface area contributed by atoms with Gasteiger partial charge in [0.2, 0.25) is 5.91 Å². The van der Waals surface area contributed by atoms with Gasteiger partial charge in [0, 0.05) is 6.92 Å². The summed E-state index contributed by atoms with van der Waals surface area (Å²) in [5.74, 6) is -0.462. The van der Waals surface area contributed by atoms with Gasteiger partial charge >= 0.3 is 0 Å². The van der Waals surface area contributed by atoms with Crippen molar-refractivity contribution in [2.75, 3.05) is 6.61 Å². The van der Waals surface area contributed by atoms with Gasteiger partial charge in [-0.15, -0.1) is 0 Å². The van der Waals surface area contributed by atoms with Crippen LogP contribution in [0.25, 0.3) is 0 Å². The molecule has 88 valence electrons. The van der Waals surface area contributed by atoms with Gasteiger partial charge in [0.1, 0.15) is 24.4 Å². The minimum atomic E-state index is -1.45. The fraction of sp³-hybridized carbons (Fsp3) is 0.875. The average molecular weight is 221 g/mol. The number of hydrogen-bond donors (Lipinski definition) is 5. The average Bonchev–Trinajstić information content (AvgIpc) is 2.18. The van der Waals surface area contributed by atoms with Gasteiger partial charge in [0.15, 0.2) is 6.29 Å². The smallest absolute Gasteiger partial charge is 0.217 e. The van der Waals surface area contributed by atoms with Crippen LogP contribution >= 0.6 is 0 Å². The minimum absolute atomic E-state index is 0.462. The van der Waals surface area contributed by atoms with Gasteiger partial charge < -0.3 is 30.5 Å². The van der Waals surface area contributed by atoms with Crippen molar-refractivity contribution in [3.8, 4) is 0 Å². The van der Waals surface area contributed by atoms with Crippen LogP contribution in [0.5, 0.6) is 0 Å². The fourth-order valence-electron chi connectivity index (χ4n) is 1.49. The van der Waals surface area contributed by atoms with Crippen molar-refractivity contribution >= 4 is 5.91 Å². The molecule has 0 aromatic carbocycles. The molecule has 0 aliphatic carbocycles. The van der Waals surface area contributed by atoms with Gasteiger partial charge in [0.25, 0.3) is 0 Å². The van der Waals surface area contributed by atoms with E-state index in [2.05, 4.69) is 5.32 Å². The Bertz CT molecular complexity index is 235. The first-order chi connectivity index (χ1) is 6.97. The predicted octanol–water partition coefficient (Wildman–Crippen LogP) is -3.08. The third kappa shape index (κ3) is 2.64. The maximum atomic E-state index is 10.7. The third-order valence-electron chi connectivity index (χ3n) is 2.27. The molecule has 0 spiro atoms. The monoisotopic (exact) mass is 221 g/mol. The number of hydrogen-bond acceptors (Lipinski definition) is 6. The molecule has 7 heteroatoms. The highest BCUT2D eigenvalue weighted by Gasteiger charge is 2.43. The second-order valence-electron chi connectivity index (χ2n) is 3.46. The van der Waals surface area contributed by atoms with E-state index in [1.165, 1.54) is 6.92 Å². The molecule has 15 heavy (non-hydrogen) atoms. The number of carbonyl (C=O) groups is 1. The van der Waals surface area contributed by atoms with Crippen LogP contribution in [0.1, 0.15) is 6.92 Å². The van der Waals surface area contributed by atoms with E-state index in [1.807, 2.05) is 0 Å². The molecule has 0 aromatic heterocycles. The standard InChI is InChI=1S/C8H15NO6/c1-3(11)9-5-7(13)6(12)4(2-10)15-8(5)14/h4-8,10,12-14H,2H2,1H3,(H,9,11)/t4-,5?,6-,7-,8+/m1/s1. The molecule has 5 N–H and O–H groups in total. The molecule has 0 bridgehead atoms. The molecule has 0 saturated carbocycles. The topological polar surface area (TPSA) is 119 Å². The Morgan fingerprint density at radius 3 is 2.40 bits per heavy atom. The van der Waals surface area contributed by atoms with Crippen molar-refractivity contribution in [2.45, 2.75) is 37.6 Å². The molecule has 1 rings (SSSR count). The molecule has 1 unspecified atom stereocenters. The molecule has 1 fully saturated rings. The molecular formula is C8H15NO6. The summed E-state index contributed by atoms with van der Waals surface area (Å²) in [6.07, 6.45) is -5.24. The summed E-state index contributed by atoms with van der Waals surface area (Å²) in [5, 5.41) is 39.4. The van der Waals surface area contributed by atoms with E-state index >= 15 is 0 Å². The summed E-state index contributed by atoms with van der Waals surface area (Å²) >= 11 is 0. The Kier molecular flexibility index (Phi) is 4.00. The Hall–Kier alpha value is -0.730. The van der Waals surface area contributed by atoms with Gasteiger partial charge in [-0.2, -0.15) is 0 Å². The summed E-state index contributed by atoms with van der Waals surface area (Å²) < 4.78 is 4.81. The zero-order valence-electron chi connectivity index (χ0n) is 8.20. The van der Waals surface area contributed by atoms with Crippen LogP contribution in [-0.4, -0.2) is 63.6 Å². The highest BCUT2D eigenvalue weighted by Crippen LogP contribution is 2.19. The van der Waals surface area contributed by atoms with Crippen molar-refractivity contribution in [1.29, 1.82) is 0 Å². The summed E-state index contributed by atoms with van der Waals surface area (Å²) in [4.78, 5) is 10.7. The normalized spacial score (nSPS) is 41.3.